The summed E-state index contributed by atoms with van der Waals surface area (Å²) in [4.78, 5) is 15.4. The first-order chi connectivity index (χ1) is 12.1. The summed E-state index contributed by atoms with van der Waals surface area (Å²) < 4.78 is 0. The Labute approximate surface area is 166 Å². The van der Waals surface area contributed by atoms with Crippen molar-refractivity contribution in [1.29, 1.82) is 0 Å². The van der Waals surface area contributed by atoms with Crippen molar-refractivity contribution in [3.63, 3.8) is 0 Å². The number of nitrogens with zero attached hydrogens (tertiary/aromatic N) is 1. The lowest BCUT2D eigenvalue weighted by Gasteiger charge is -2.17. The number of carbonyl (C=O) groups excluding carboxylic acids is 1. The van der Waals surface area contributed by atoms with Crippen LogP contribution in [0.5, 0.6) is 0 Å². The fourth-order valence-corrected chi connectivity index (χ4v) is 3.22. The van der Waals surface area contributed by atoms with Crippen molar-refractivity contribution in [2.45, 2.75) is 12.8 Å². The molecule has 2 aromatic carbocycles. The summed E-state index contributed by atoms with van der Waals surface area (Å²) in [6.45, 7) is 6.81. The van der Waals surface area contributed by atoms with Crippen molar-refractivity contribution >= 4 is 41.4 Å². The number of ketones is 1. The van der Waals surface area contributed by atoms with Crippen molar-refractivity contribution in [2.24, 2.45) is 0 Å². The number of allylic oxidation sites excluding steroid dienone is 1. The number of benzene rings is 2. The van der Waals surface area contributed by atoms with Crippen LogP contribution in [0.3, 0.4) is 0 Å². The summed E-state index contributed by atoms with van der Waals surface area (Å²) in [5, 5.41) is 0.684. The van der Waals surface area contributed by atoms with Gasteiger partial charge in [0.25, 0.3) is 0 Å². The monoisotopic (exact) mass is 387 g/mol. The zero-order valence-corrected chi connectivity index (χ0v) is 16.2. The van der Waals surface area contributed by atoms with Crippen molar-refractivity contribution < 1.29 is 4.79 Å². The molecule has 136 valence electrons. The van der Waals surface area contributed by atoms with Crippen LogP contribution in [-0.4, -0.2) is 30.3 Å². The lowest BCUT2D eigenvalue weighted by Crippen LogP contribution is -2.24. The molecule has 2 nitrogen and oxygen atoms in total. The quantitative estimate of drug-likeness (QED) is 0.480. The molecule has 0 amide bonds. The van der Waals surface area contributed by atoms with E-state index in [0.29, 0.717) is 22.7 Å². The first-order valence-electron chi connectivity index (χ1n) is 8.61. The smallest absolute Gasteiger partial charge is 0.190 e. The highest BCUT2D eigenvalue weighted by atomic mass is 35.5. The molecular formula is C22H23Cl2NO. The van der Waals surface area contributed by atoms with Gasteiger partial charge in [-0.25, -0.2) is 0 Å². The molecule has 26 heavy (non-hydrogen) atoms. The van der Waals surface area contributed by atoms with Crippen LogP contribution < -0.4 is 0 Å². The summed E-state index contributed by atoms with van der Waals surface area (Å²) in [6.07, 6.45) is 4.32. The minimum atomic E-state index is 0. The van der Waals surface area contributed by atoms with Crippen molar-refractivity contribution in [2.75, 3.05) is 19.6 Å². The van der Waals surface area contributed by atoms with Crippen LogP contribution in [0.4, 0.5) is 0 Å². The minimum Gasteiger partial charge on any atom is -0.299 e. The lowest BCUT2D eigenvalue weighted by molar-refractivity contribution is -0.110. The highest BCUT2D eigenvalue weighted by Gasteiger charge is 2.19. The van der Waals surface area contributed by atoms with Gasteiger partial charge in [-0.15, -0.1) is 12.4 Å². The second kappa shape index (κ2) is 9.72. The molecule has 0 saturated carbocycles. The summed E-state index contributed by atoms with van der Waals surface area (Å²) in [5.74, 6) is 0.00745. The molecule has 1 heterocycles. The Balaban J connectivity index is 0.00000243. The standard InChI is InChI=1S/C22H22ClNO.ClH/c1-17(16-24-13-5-6-14-24)22(25)21(19-7-3-2-4-8-19)15-18-9-11-20(23)12-10-18;/h2-4,7-12,15H,1,5-6,13-14,16H2;1H/b21-15+;. The van der Waals surface area contributed by atoms with E-state index in [0.717, 1.165) is 24.2 Å². The predicted molar refractivity (Wildman–Crippen MR) is 113 cm³/mol. The maximum atomic E-state index is 13.1. The molecule has 0 bridgehead atoms. The largest absolute Gasteiger partial charge is 0.299 e. The molecule has 0 radical (unpaired) electrons. The molecule has 0 spiro atoms. The SMILES string of the molecule is C=C(CN1CCCC1)C(=O)/C(=C/c1ccc(Cl)cc1)c1ccccc1.Cl. The van der Waals surface area contributed by atoms with Gasteiger partial charge in [-0.3, -0.25) is 9.69 Å². The Hall–Kier alpha value is -1.87. The Morgan fingerprint density at radius 3 is 2.27 bits per heavy atom. The second-order valence-electron chi connectivity index (χ2n) is 6.39. The zero-order valence-electron chi connectivity index (χ0n) is 14.7. The molecular weight excluding hydrogens is 365 g/mol. The molecule has 0 unspecified atom stereocenters. The summed E-state index contributed by atoms with van der Waals surface area (Å²) in [6, 6.07) is 17.3. The van der Waals surface area contributed by atoms with Gasteiger partial charge < -0.3 is 0 Å². The lowest BCUT2D eigenvalue weighted by atomic mass is 9.95. The highest BCUT2D eigenvalue weighted by molar-refractivity contribution is 6.32. The minimum absolute atomic E-state index is 0. The maximum Gasteiger partial charge on any atom is 0.190 e. The number of hydrogen-bond donors (Lipinski definition) is 0. The fraction of sp³-hybridized carbons (Fsp3) is 0.227. The molecule has 0 atom stereocenters. The molecule has 1 aliphatic heterocycles. The average molecular weight is 388 g/mol. The van der Waals surface area contributed by atoms with Gasteiger partial charge in [-0.1, -0.05) is 60.6 Å². The highest BCUT2D eigenvalue weighted by Crippen LogP contribution is 2.23. The van der Waals surface area contributed by atoms with Gasteiger partial charge >= 0.3 is 0 Å². The zero-order chi connectivity index (χ0) is 17.6. The Morgan fingerprint density at radius 2 is 1.65 bits per heavy atom. The van der Waals surface area contributed by atoms with Crippen molar-refractivity contribution in [3.05, 3.63) is 82.9 Å². The van der Waals surface area contributed by atoms with E-state index in [1.165, 1.54) is 12.8 Å². The van der Waals surface area contributed by atoms with Gasteiger partial charge in [-0.05, 0) is 55.3 Å². The van der Waals surface area contributed by atoms with Crippen LogP contribution in [0.15, 0.2) is 66.7 Å². The van der Waals surface area contributed by atoms with Crippen LogP contribution in [0, 0.1) is 0 Å². The van der Waals surface area contributed by atoms with Gasteiger partial charge in [0.05, 0.1) is 0 Å². The average Bonchev–Trinajstić information content (AvgIpc) is 3.14. The molecule has 3 rings (SSSR count). The summed E-state index contributed by atoms with van der Waals surface area (Å²) in [7, 11) is 0. The van der Waals surface area contributed by atoms with Gasteiger partial charge in [-0.2, -0.15) is 0 Å². The molecule has 0 aliphatic carbocycles. The third-order valence-electron chi connectivity index (χ3n) is 4.44. The van der Waals surface area contributed by atoms with Crippen LogP contribution in [0.1, 0.15) is 24.0 Å². The first kappa shape index (κ1) is 20.4. The van der Waals surface area contributed by atoms with Crippen LogP contribution in [-0.2, 0) is 4.79 Å². The Bertz CT molecular complexity index is 776. The Morgan fingerprint density at radius 1 is 1.04 bits per heavy atom. The Kier molecular flexibility index (Phi) is 7.65. The molecule has 1 aliphatic rings. The van der Waals surface area contributed by atoms with Crippen LogP contribution >= 0.6 is 24.0 Å². The van der Waals surface area contributed by atoms with E-state index in [4.69, 9.17) is 11.6 Å². The van der Waals surface area contributed by atoms with Gasteiger partial charge in [0.2, 0.25) is 0 Å². The van der Waals surface area contributed by atoms with E-state index < -0.39 is 0 Å². The number of Topliss-reactive ketones (excluding diaryl/α,β-unsaturated/α-hetero) is 1. The van der Waals surface area contributed by atoms with E-state index in [9.17, 15) is 4.79 Å². The van der Waals surface area contributed by atoms with Gasteiger partial charge in [0.15, 0.2) is 5.78 Å². The number of rotatable bonds is 6. The summed E-state index contributed by atoms with van der Waals surface area (Å²) in [5.41, 5.74) is 3.17. The molecule has 0 N–H and O–H groups in total. The maximum absolute atomic E-state index is 13.1. The van der Waals surface area contributed by atoms with Gasteiger partial charge in [0.1, 0.15) is 0 Å². The van der Waals surface area contributed by atoms with Gasteiger partial charge in [0, 0.05) is 22.7 Å². The van der Waals surface area contributed by atoms with Crippen LogP contribution in [0.25, 0.3) is 11.6 Å². The summed E-state index contributed by atoms with van der Waals surface area (Å²) >= 11 is 5.97. The number of halogens is 2. The van der Waals surface area contributed by atoms with Crippen LogP contribution in [0.2, 0.25) is 5.02 Å². The first-order valence-corrected chi connectivity index (χ1v) is 8.99. The van der Waals surface area contributed by atoms with E-state index in [-0.39, 0.29) is 18.2 Å². The molecule has 2 aromatic rings. The van der Waals surface area contributed by atoms with Crippen molar-refractivity contribution in [1.82, 2.24) is 4.90 Å². The third kappa shape index (κ3) is 5.31. The molecule has 1 saturated heterocycles. The third-order valence-corrected chi connectivity index (χ3v) is 4.70. The predicted octanol–water partition coefficient (Wildman–Crippen LogP) is 5.52. The topological polar surface area (TPSA) is 20.3 Å². The second-order valence-corrected chi connectivity index (χ2v) is 6.83. The fourth-order valence-electron chi connectivity index (χ4n) is 3.10. The normalized spacial score (nSPS) is 14.7. The number of likely N-dealkylation sites (tertiary alicyclic amines) is 1. The van der Waals surface area contributed by atoms with Crippen molar-refractivity contribution in [3.8, 4) is 0 Å². The van der Waals surface area contributed by atoms with E-state index in [2.05, 4.69) is 11.5 Å². The molecule has 0 aromatic heterocycles. The van der Waals surface area contributed by atoms with E-state index >= 15 is 0 Å². The number of carbonyl (C=O) groups is 1. The van der Waals surface area contributed by atoms with E-state index in [1.54, 1.807) is 0 Å². The molecule has 1 fully saturated rings. The van der Waals surface area contributed by atoms with E-state index in [1.807, 2.05) is 60.7 Å². The molecule has 4 heteroatoms. The number of hydrogen-bond acceptors (Lipinski definition) is 2.